The SMILES string of the molecule is C=CC(=O)N(C)C1CN(C(=O)N(C)[C@H](C(=O)N[C@H]2Cc3cccc(c3)-c3ccc4c(c3)c(c(-c3cccnc3[C@H](C)OC)n4CC)CC(C)(C)COC(=O)[C@@H]3CCCN(N3)C2=O)C(C)C)C[C@@H]1F. The van der Waals surface area contributed by atoms with Gasteiger partial charge in [-0.25, -0.2) is 14.6 Å². The zero-order valence-corrected chi connectivity index (χ0v) is 40.9. The van der Waals surface area contributed by atoms with Crippen LogP contribution < -0.4 is 10.7 Å². The Bertz CT molecular complexity index is 2560. The van der Waals surface area contributed by atoms with E-state index in [1.54, 1.807) is 27.2 Å². The summed E-state index contributed by atoms with van der Waals surface area (Å²) in [7, 11) is 4.63. The van der Waals surface area contributed by atoms with Crippen LogP contribution in [0.5, 0.6) is 0 Å². The maximum absolute atomic E-state index is 15.3. The quantitative estimate of drug-likeness (QED) is 0.134. The second-order valence-electron chi connectivity index (χ2n) is 19.6. The third-order valence-electron chi connectivity index (χ3n) is 13.8. The Kier molecular flexibility index (Phi) is 15.1. The molecule has 364 valence electrons. The molecule has 16 heteroatoms. The third-order valence-corrected chi connectivity index (χ3v) is 13.8. The average molecular weight is 935 g/mol. The Morgan fingerprint density at radius 2 is 1.82 bits per heavy atom. The molecule has 3 aliphatic rings. The van der Waals surface area contributed by atoms with Gasteiger partial charge in [0.25, 0.3) is 5.91 Å². The van der Waals surface area contributed by atoms with Crippen molar-refractivity contribution < 1.29 is 37.8 Å². The van der Waals surface area contributed by atoms with Crippen LogP contribution in [0.25, 0.3) is 33.3 Å². The van der Waals surface area contributed by atoms with Crippen molar-refractivity contribution in [3.8, 4) is 22.4 Å². The van der Waals surface area contributed by atoms with E-state index in [0.717, 1.165) is 56.2 Å². The molecule has 1 unspecified atom stereocenters. The number of aromatic nitrogens is 2. The van der Waals surface area contributed by atoms with Crippen molar-refractivity contribution in [3.63, 3.8) is 0 Å². The summed E-state index contributed by atoms with van der Waals surface area (Å²) in [6.45, 7) is 16.1. The van der Waals surface area contributed by atoms with Crippen LogP contribution >= 0.6 is 0 Å². The number of alkyl halides is 1. The van der Waals surface area contributed by atoms with Crippen molar-refractivity contribution in [1.82, 2.24) is 40.0 Å². The highest BCUT2D eigenvalue weighted by atomic mass is 19.1. The van der Waals surface area contributed by atoms with Crippen LogP contribution in [-0.4, -0.2) is 137 Å². The Morgan fingerprint density at radius 1 is 1.07 bits per heavy atom. The van der Waals surface area contributed by atoms with E-state index in [0.29, 0.717) is 25.8 Å². The lowest BCUT2D eigenvalue weighted by Crippen LogP contribution is -2.62. The maximum atomic E-state index is 15.3. The zero-order chi connectivity index (χ0) is 49.2. The molecule has 2 aromatic carbocycles. The predicted molar refractivity (Wildman–Crippen MR) is 259 cm³/mol. The molecule has 2 fully saturated rings. The van der Waals surface area contributed by atoms with E-state index in [2.05, 4.69) is 66.9 Å². The highest BCUT2D eigenvalue weighted by Gasteiger charge is 2.43. The molecule has 4 aromatic rings. The van der Waals surface area contributed by atoms with Crippen LogP contribution in [0.4, 0.5) is 9.18 Å². The lowest BCUT2D eigenvalue weighted by Gasteiger charge is -2.37. The van der Waals surface area contributed by atoms with Gasteiger partial charge in [0, 0.05) is 75.3 Å². The molecule has 3 aliphatic heterocycles. The largest absolute Gasteiger partial charge is 0.464 e. The summed E-state index contributed by atoms with van der Waals surface area (Å²) in [6.07, 6.45) is 2.73. The van der Waals surface area contributed by atoms with Gasteiger partial charge in [-0.2, -0.15) is 0 Å². The molecule has 0 aliphatic carbocycles. The van der Waals surface area contributed by atoms with E-state index in [9.17, 15) is 24.0 Å². The first-order valence-corrected chi connectivity index (χ1v) is 23.7. The average Bonchev–Trinajstić information content (AvgIpc) is 3.87. The van der Waals surface area contributed by atoms with Gasteiger partial charge in [-0.05, 0) is 91.6 Å². The number of pyridine rings is 1. The van der Waals surface area contributed by atoms with E-state index < -0.39 is 71.4 Å². The van der Waals surface area contributed by atoms with Gasteiger partial charge in [-0.1, -0.05) is 64.6 Å². The standard InChI is InChI=1S/C52H67FN8O7/c1-11-44(62)57(8)43-29-59(28-39(43)53)51(66)58(9)46(31(3)4)48(63)55-41-25-33-16-13-17-34(24-33)35-20-21-42-37(26-35)38(47(60(42)12-2)36-18-14-22-54-45(36)32(5)67-10)27-52(6,7)30-68-50(65)40-19-15-23-61(56-40)49(41)64/h11,13-14,16-18,20-22,24,26,31-32,39-41,43,46,56H,1,12,15,19,23,25,27-30H2,2-10H3,(H,55,63)/t32-,39-,40-,41-,43?,46-/m0/s1. The van der Waals surface area contributed by atoms with E-state index >= 15 is 4.39 Å². The summed E-state index contributed by atoms with van der Waals surface area (Å²) in [4.78, 5) is 78.1. The fourth-order valence-electron chi connectivity index (χ4n) is 10.1. The van der Waals surface area contributed by atoms with E-state index in [1.807, 2.05) is 37.3 Å². The normalized spacial score (nSPS) is 21.8. The van der Waals surface area contributed by atoms with Crippen molar-refractivity contribution in [3.05, 3.63) is 90.3 Å². The van der Waals surface area contributed by atoms with Crippen LogP contribution in [0.1, 0.15) is 77.3 Å². The van der Waals surface area contributed by atoms with Crippen molar-refractivity contribution in [2.75, 3.05) is 47.4 Å². The number of ether oxygens (including phenoxy) is 2. The highest BCUT2D eigenvalue weighted by Crippen LogP contribution is 2.42. The van der Waals surface area contributed by atoms with E-state index in [-0.39, 0.29) is 38.8 Å². The smallest absolute Gasteiger partial charge is 0.324 e. The molecule has 7 rings (SSSR count). The molecule has 2 aromatic heterocycles. The first-order chi connectivity index (χ1) is 32.4. The zero-order valence-electron chi connectivity index (χ0n) is 40.9. The minimum Gasteiger partial charge on any atom is -0.464 e. The topological polar surface area (TPSA) is 159 Å². The molecule has 0 radical (unpaired) electrons. The number of hydrogen-bond donors (Lipinski definition) is 2. The Hall–Kier alpha value is -6.13. The number of amides is 5. The Balaban J connectivity index is 1.27. The Labute approximate surface area is 399 Å². The highest BCUT2D eigenvalue weighted by molar-refractivity contribution is 5.96. The van der Waals surface area contributed by atoms with Crippen molar-refractivity contribution >= 4 is 40.6 Å². The van der Waals surface area contributed by atoms with Crippen LogP contribution in [0.3, 0.4) is 0 Å². The maximum Gasteiger partial charge on any atom is 0.324 e. The summed E-state index contributed by atoms with van der Waals surface area (Å²) in [5.41, 5.74) is 10.2. The summed E-state index contributed by atoms with van der Waals surface area (Å²) in [5, 5.41) is 5.46. The van der Waals surface area contributed by atoms with Gasteiger partial charge in [-0.15, -0.1) is 0 Å². The Morgan fingerprint density at radius 3 is 2.53 bits per heavy atom. The molecule has 5 heterocycles. The number of methoxy groups -OCH3 is 1. The lowest BCUT2D eigenvalue weighted by molar-refractivity contribution is -0.155. The number of cyclic esters (lactones) is 1. The fourth-order valence-corrected chi connectivity index (χ4v) is 10.1. The molecule has 68 heavy (non-hydrogen) atoms. The molecule has 6 atom stereocenters. The predicted octanol–water partition coefficient (Wildman–Crippen LogP) is 6.49. The van der Waals surface area contributed by atoms with Gasteiger partial charge in [0.05, 0.1) is 36.7 Å². The van der Waals surface area contributed by atoms with Gasteiger partial charge in [0.2, 0.25) is 11.8 Å². The molecule has 6 bridgehead atoms. The summed E-state index contributed by atoms with van der Waals surface area (Å²) in [6, 6.07) is 13.9. The minimum absolute atomic E-state index is 0.0645. The van der Waals surface area contributed by atoms with Gasteiger partial charge in [-0.3, -0.25) is 29.2 Å². The summed E-state index contributed by atoms with van der Waals surface area (Å²) >= 11 is 0. The number of hydrogen-bond acceptors (Lipinski definition) is 9. The van der Waals surface area contributed by atoms with Gasteiger partial charge in [0.1, 0.15) is 24.3 Å². The van der Waals surface area contributed by atoms with E-state index in [1.165, 1.54) is 33.8 Å². The molecular formula is C52H67FN8O7. The number of nitrogens with zero attached hydrogens (tertiary/aromatic N) is 6. The number of esters is 1. The van der Waals surface area contributed by atoms with Crippen LogP contribution in [0.2, 0.25) is 0 Å². The first kappa shape index (κ1) is 49.8. The molecule has 5 amide bonds. The number of hydrazine groups is 1. The van der Waals surface area contributed by atoms with E-state index in [4.69, 9.17) is 14.5 Å². The molecule has 2 N–H and O–H groups in total. The summed E-state index contributed by atoms with van der Waals surface area (Å²) < 4.78 is 29.5. The number of benzene rings is 2. The lowest BCUT2D eigenvalue weighted by atomic mass is 9.84. The number of aryl methyl sites for hydroxylation is 1. The van der Waals surface area contributed by atoms with Crippen LogP contribution in [-0.2, 0) is 48.0 Å². The fraction of sp³-hybridized carbons (Fsp3) is 0.500. The molecule has 0 saturated carbocycles. The molecule has 15 nitrogen and oxygen atoms in total. The number of carbonyl (C=O) groups excluding carboxylic acids is 5. The van der Waals surface area contributed by atoms with Gasteiger partial charge in [0.15, 0.2) is 0 Å². The number of urea groups is 1. The second kappa shape index (κ2) is 20.6. The number of fused-ring (bicyclic) bond motifs is 6. The molecule has 2 saturated heterocycles. The second-order valence-corrected chi connectivity index (χ2v) is 19.6. The number of carbonyl (C=O) groups is 5. The number of halogens is 1. The molecular weight excluding hydrogens is 868 g/mol. The third kappa shape index (κ3) is 10.2. The van der Waals surface area contributed by atoms with Gasteiger partial charge < -0.3 is 34.1 Å². The number of nitrogens with one attached hydrogen (secondary N) is 2. The van der Waals surface area contributed by atoms with Crippen LogP contribution in [0, 0.1) is 11.3 Å². The van der Waals surface area contributed by atoms with Gasteiger partial charge >= 0.3 is 12.0 Å². The van der Waals surface area contributed by atoms with Crippen LogP contribution in [0.15, 0.2) is 73.4 Å². The molecule has 0 spiro atoms. The van der Waals surface area contributed by atoms with Crippen molar-refractivity contribution in [2.24, 2.45) is 11.3 Å². The monoisotopic (exact) mass is 935 g/mol. The number of rotatable bonds is 10. The van der Waals surface area contributed by atoms with Crippen molar-refractivity contribution in [1.29, 1.82) is 0 Å². The minimum atomic E-state index is -1.50. The number of likely N-dealkylation sites (N-methyl/N-ethyl adjacent to an activating group) is 2. The summed E-state index contributed by atoms with van der Waals surface area (Å²) in [5.74, 6) is -2.38. The van der Waals surface area contributed by atoms with Crippen molar-refractivity contribution in [2.45, 2.75) is 110 Å². The first-order valence-electron chi connectivity index (χ1n) is 23.7. The number of likely N-dealkylation sites (tertiary alicyclic amines) is 1.